The molecule has 0 fully saturated rings. The van der Waals surface area contributed by atoms with E-state index in [4.69, 9.17) is 4.74 Å². The number of ether oxygens (including phenoxy) is 1. The summed E-state index contributed by atoms with van der Waals surface area (Å²) in [6, 6.07) is 17.9. The monoisotopic (exact) mass is 256 g/mol. The van der Waals surface area contributed by atoms with E-state index in [1.807, 2.05) is 49.4 Å². The highest BCUT2D eigenvalue weighted by Gasteiger charge is 2.22. The molecule has 1 N–H and O–H groups in total. The summed E-state index contributed by atoms with van der Waals surface area (Å²) < 4.78 is 5.71. The van der Waals surface area contributed by atoms with Gasteiger partial charge < -0.3 is 9.84 Å². The van der Waals surface area contributed by atoms with Crippen LogP contribution in [0, 0.1) is 6.92 Å². The summed E-state index contributed by atoms with van der Waals surface area (Å²) in [4.78, 5) is 0. The van der Waals surface area contributed by atoms with E-state index in [2.05, 4.69) is 12.1 Å². The second-order valence-electron chi connectivity index (χ2n) is 5.03. The maximum atomic E-state index is 10.3. The summed E-state index contributed by atoms with van der Waals surface area (Å²) in [5, 5.41) is 10.3. The number of aryl methyl sites for hydroxylation is 2. The average Bonchev–Trinajstić information content (AvgIpc) is 2.40. The number of aliphatic hydroxyl groups is 1. The molecule has 1 unspecified atom stereocenters. The standard InChI is InChI=1S/C17H20O2/c1-14-8-6-7-11-16(14)19-17(2,18)13-12-15-9-4-3-5-10-15/h3-11,18H,12-13H2,1-2H3. The minimum Gasteiger partial charge on any atom is -0.463 e. The third kappa shape index (κ3) is 4.11. The Hall–Kier alpha value is -1.80. The van der Waals surface area contributed by atoms with Gasteiger partial charge in [0.25, 0.3) is 0 Å². The molecule has 0 heterocycles. The topological polar surface area (TPSA) is 29.5 Å². The zero-order valence-corrected chi connectivity index (χ0v) is 11.5. The van der Waals surface area contributed by atoms with Crippen LogP contribution in [0.25, 0.3) is 0 Å². The molecular formula is C17H20O2. The molecule has 2 nitrogen and oxygen atoms in total. The third-order valence-corrected chi connectivity index (χ3v) is 3.14. The second-order valence-corrected chi connectivity index (χ2v) is 5.03. The van der Waals surface area contributed by atoms with Crippen molar-refractivity contribution >= 4 is 0 Å². The Morgan fingerprint density at radius 2 is 1.63 bits per heavy atom. The third-order valence-electron chi connectivity index (χ3n) is 3.14. The largest absolute Gasteiger partial charge is 0.463 e. The highest BCUT2D eigenvalue weighted by molar-refractivity contribution is 5.32. The van der Waals surface area contributed by atoms with Gasteiger partial charge in [-0.05, 0) is 30.5 Å². The molecule has 2 aromatic carbocycles. The number of hydrogen-bond donors (Lipinski definition) is 1. The molecule has 0 bridgehead atoms. The van der Waals surface area contributed by atoms with Crippen LogP contribution in [0.2, 0.25) is 0 Å². The fourth-order valence-electron chi connectivity index (χ4n) is 1.98. The molecule has 0 amide bonds. The maximum Gasteiger partial charge on any atom is 0.205 e. The van der Waals surface area contributed by atoms with Gasteiger partial charge >= 0.3 is 0 Å². The lowest BCUT2D eigenvalue weighted by Crippen LogP contribution is -2.32. The van der Waals surface area contributed by atoms with Crippen molar-refractivity contribution in [2.24, 2.45) is 0 Å². The predicted octanol–water partition coefficient (Wildman–Crippen LogP) is 3.72. The molecule has 0 aliphatic heterocycles. The Kier molecular flexibility index (Phi) is 4.23. The fraction of sp³-hybridized carbons (Fsp3) is 0.294. The van der Waals surface area contributed by atoms with Gasteiger partial charge in [-0.2, -0.15) is 0 Å². The van der Waals surface area contributed by atoms with Gasteiger partial charge in [-0.15, -0.1) is 0 Å². The summed E-state index contributed by atoms with van der Waals surface area (Å²) in [5.41, 5.74) is 2.23. The average molecular weight is 256 g/mol. The lowest BCUT2D eigenvalue weighted by molar-refractivity contribution is -0.126. The van der Waals surface area contributed by atoms with Crippen molar-refractivity contribution in [1.29, 1.82) is 0 Å². The number of hydrogen-bond acceptors (Lipinski definition) is 2. The Bertz CT molecular complexity index is 518. The van der Waals surface area contributed by atoms with Gasteiger partial charge in [0.05, 0.1) is 0 Å². The first-order chi connectivity index (χ1) is 9.07. The van der Waals surface area contributed by atoms with E-state index in [1.165, 1.54) is 5.56 Å². The van der Waals surface area contributed by atoms with Crippen LogP contribution in [0.5, 0.6) is 5.75 Å². The quantitative estimate of drug-likeness (QED) is 0.826. The Morgan fingerprint density at radius 3 is 2.32 bits per heavy atom. The van der Waals surface area contributed by atoms with Crippen LogP contribution in [0.1, 0.15) is 24.5 Å². The summed E-state index contributed by atoms with van der Waals surface area (Å²) >= 11 is 0. The Labute approximate surface area is 114 Å². The predicted molar refractivity (Wildman–Crippen MR) is 77.2 cm³/mol. The minimum absolute atomic E-state index is 0.561. The van der Waals surface area contributed by atoms with Crippen LogP contribution < -0.4 is 4.74 Å². The lowest BCUT2D eigenvalue weighted by atomic mass is 10.1. The van der Waals surface area contributed by atoms with E-state index in [9.17, 15) is 5.11 Å². The van der Waals surface area contributed by atoms with E-state index in [1.54, 1.807) is 6.92 Å². The Balaban J connectivity index is 1.97. The number of rotatable bonds is 5. The summed E-state index contributed by atoms with van der Waals surface area (Å²) in [7, 11) is 0. The number of para-hydroxylation sites is 1. The van der Waals surface area contributed by atoms with Crippen LogP contribution in [-0.4, -0.2) is 10.9 Å². The molecular weight excluding hydrogens is 236 g/mol. The summed E-state index contributed by atoms with van der Waals surface area (Å²) in [6.45, 7) is 3.69. The van der Waals surface area contributed by atoms with Crippen LogP contribution in [0.15, 0.2) is 54.6 Å². The van der Waals surface area contributed by atoms with Crippen molar-refractivity contribution in [2.45, 2.75) is 32.5 Å². The minimum atomic E-state index is -1.15. The van der Waals surface area contributed by atoms with Crippen molar-refractivity contribution in [1.82, 2.24) is 0 Å². The molecule has 1 atom stereocenters. The zero-order valence-electron chi connectivity index (χ0n) is 11.5. The molecule has 0 radical (unpaired) electrons. The molecule has 0 aliphatic rings. The van der Waals surface area contributed by atoms with Crippen LogP contribution >= 0.6 is 0 Å². The molecule has 0 aliphatic carbocycles. The number of benzene rings is 2. The second kappa shape index (κ2) is 5.89. The first-order valence-electron chi connectivity index (χ1n) is 6.58. The highest BCUT2D eigenvalue weighted by atomic mass is 16.6. The van der Waals surface area contributed by atoms with Crippen LogP contribution in [0.3, 0.4) is 0 Å². The van der Waals surface area contributed by atoms with Gasteiger partial charge in [0.15, 0.2) is 0 Å². The zero-order chi connectivity index (χ0) is 13.7. The van der Waals surface area contributed by atoms with Gasteiger partial charge in [0.1, 0.15) is 5.75 Å². The van der Waals surface area contributed by atoms with E-state index in [-0.39, 0.29) is 0 Å². The van der Waals surface area contributed by atoms with Gasteiger partial charge in [-0.1, -0.05) is 48.5 Å². The van der Waals surface area contributed by atoms with E-state index < -0.39 is 5.79 Å². The molecule has 0 aromatic heterocycles. The summed E-state index contributed by atoms with van der Waals surface area (Å²) in [6.07, 6.45) is 1.35. The van der Waals surface area contributed by atoms with Crippen molar-refractivity contribution < 1.29 is 9.84 Å². The van der Waals surface area contributed by atoms with Crippen molar-refractivity contribution in [3.63, 3.8) is 0 Å². The molecule has 0 spiro atoms. The van der Waals surface area contributed by atoms with E-state index >= 15 is 0 Å². The fourth-order valence-corrected chi connectivity index (χ4v) is 1.98. The first-order valence-corrected chi connectivity index (χ1v) is 6.58. The summed E-state index contributed by atoms with van der Waals surface area (Å²) in [5.74, 6) is -0.414. The van der Waals surface area contributed by atoms with Crippen molar-refractivity contribution in [3.8, 4) is 5.75 Å². The normalized spacial score (nSPS) is 13.8. The van der Waals surface area contributed by atoms with Crippen LogP contribution in [-0.2, 0) is 6.42 Å². The van der Waals surface area contributed by atoms with Gasteiger partial charge in [0, 0.05) is 13.3 Å². The molecule has 19 heavy (non-hydrogen) atoms. The Morgan fingerprint density at radius 1 is 1.00 bits per heavy atom. The highest BCUT2D eigenvalue weighted by Crippen LogP contribution is 2.24. The molecule has 100 valence electrons. The SMILES string of the molecule is Cc1ccccc1OC(C)(O)CCc1ccccc1. The van der Waals surface area contributed by atoms with E-state index in [0.29, 0.717) is 6.42 Å². The van der Waals surface area contributed by atoms with Gasteiger partial charge in [-0.3, -0.25) is 0 Å². The lowest BCUT2D eigenvalue weighted by Gasteiger charge is -2.25. The molecule has 0 saturated heterocycles. The molecule has 2 rings (SSSR count). The molecule has 0 saturated carbocycles. The van der Waals surface area contributed by atoms with Gasteiger partial charge in [-0.25, -0.2) is 0 Å². The van der Waals surface area contributed by atoms with Crippen molar-refractivity contribution in [2.75, 3.05) is 0 Å². The maximum absolute atomic E-state index is 10.3. The molecule has 2 heteroatoms. The van der Waals surface area contributed by atoms with Crippen molar-refractivity contribution in [3.05, 3.63) is 65.7 Å². The van der Waals surface area contributed by atoms with Crippen LogP contribution in [0.4, 0.5) is 0 Å². The molecule has 2 aromatic rings. The van der Waals surface area contributed by atoms with Gasteiger partial charge in [0.2, 0.25) is 5.79 Å². The smallest absolute Gasteiger partial charge is 0.205 e. The first kappa shape index (κ1) is 13.6. The van der Waals surface area contributed by atoms with E-state index in [0.717, 1.165) is 17.7 Å².